The second-order valence-electron chi connectivity index (χ2n) is 7.12. The van der Waals surface area contributed by atoms with Crippen molar-refractivity contribution in [1.29, 1.82) is 0 Å². The molecule has 9 heteroatoms. The molecule has 1 aromatic carbocycles. The Morgan fingerprint density at radius 3 is 2.80 bits per heavy atom. The quantitative estimate of drug-likeness (QED) is 0.518. The number of carbonyl (C=O) groups excluding carboxylic acids is 2. The summed E-state index contributed by atoms with van der Waals surface area (Å²) in [6.45, 7) is 2.98. The van der Waals surface area contributed by atoms with Crippen LogP contribution in [0.25, 0.3) is 5.57 Å². The van der Waals surface area contributed by atoms with E-state index in [9.17, 15) is 9.59 Å². The normalized spacial score (nSPS) is 20.8. The van der Waals surface area contributed by atoms with E-state index in [2.05, 4.69) is 26.7 Å². The number of amides is 2. The van der Waals surface area contributed by atoms with Crippen LogP contribution in [0.1, 0.15) is 12.5 Å². The van der Waals surface area contributed by atoms with Crippen LogP contribution in [0.4, 0.5) is 10.5 Å². The molecule has 156 valence electrons. The lowest BCUT2D eigenvalue weighted by atomic mass is 10.1. The number of anilines is 1. The van der Waals surface area contributed by atoms with Crippen LogP contribution in [-0.4, -0.2) is 59.5 Å². The van der Waals surface area contributed by atoms with Crippen molar-refractivity contribution in [3.05, 3.63) is 54.4 Å². The highest BCUT2D eigenvalue weighted by Gasteiger charge is 2.32. The molecule has 2 atom stereocenters. The van der Waals surface area contributed by atoms with Crippen LogP contribution < -0.4 is 15.5 Å². The van der Waals surface area contributed by atoms with Crippen molar-refractivity contribution in [1.82, 2.24) is 20.6 Å². The van der Waals surface area contributed by atoms with E-state index in [1.165, 1.54) is 12.5 Å². The van der Waals surface area contributed by atoms with Crippen LogP contribution >= 0.6 is 11.8 Å². The monoisotopic (exact) mass is 425 g/mol. The predicted octanol–water partition coefficient (Wildman–Crippen LogP) is 2.09. The third-order valence-corrected chi connectivity index (χ3v) is 5.89. The van der Waals surface area contributed by atoms with E-state index in [1.54, 1.807) is 29.1 Å². The van der Waals surface area contributed by atoms with Gasteiger partial charge in [0.2, 0.25) is 5.91 Å². The van der Waals surface area contributed by atoms with Gasteiger partial charge in [-0.15, -0.1) is 0 Å². The first-order chi connectivity index (χ1) is 14.6. The molecule has 1 saturated heterocycles. The fourth-order valence-electron chi connectivity index (χ4n) is 3.38. The maximum atomic E-state index is 12.2. The second kappa shape index (κ2) is 9.27. The van der Waals surface area contributed by atoms with Crippen molar-refractivity contribution in [3.63, 3.8) is 0 Å². The molecular weight excluding hydrogens is 402 g/mol. The number of aromatic nitrogens is 2. The van der Waals surface area contributed by atoms with Crippen LogP contribution in [0.2, 0.25) is 0 Å². The predicted molar refractivity (Wildman–Crippen MR) is 115 cm³/mol. The number of carbonyl (C=O) groups is 2. The van der Waals surface area contributed by atoms with Gasteiger partial charge in [0.25, 0.3) is 0 Å². The number of ether oxygens (including phenoxy) is 1. The van der Waals surface area contributed by atoms with Gasteiger partial charge in [-0.2, -0.15) is 0 Å². The third kappa shape index (κ3) is 4.98. The van der Waals surface area contributed by atoms with Crippen molar-refractivity contribution in [2.45, 2.75) is 24.2 Å². The first kappa shape index (κ1) is 20.4. The summed E-state index contributed by atoms with van der Waals surface area (Å²) in [5.41, 5.74) is 3.14. The smallest absolute Gasteiger partial charge is 0.414 e. The Morgan fingerprint density at radius 2 is 2.07 bits per heavy atom. The standard InChI is InChI=1S/C21H23N5O3S/c1-14(27)24-11-19-12-26(21(28)29-19)18-5-3-15(4-6-18)16-9-17(25-10-16)13-30-20-22-7-2-8-23-20/h2-9,17,19,25H,10-13H2,1H3,(H,24,27)/t17?,19-/m0/s1. The molecule has 2 aromatic rings. The highest BCUT2D eigenvalue weighted by Crippen LogP contribution is 2.26. The van der Waals surface area contributed by atoms with Crippen LogP contribution in [0, 0.1) is 0 Å². The molecule has 30 heavy (non-hydrogen) atoms. The zero-order chi connectivity index (χ0) is 20.9. The Balaban J connectivity index is 1.34. The summed E-state index contributed by atoms with van der Waals surface area (Å²) in [4.78, 5) is 33.3. The molecule has 2 amide bonds. The van der Waals surface area contributed by atoms with E-state index in [4.69, 9.17) is 4.74 Å². The van der Waals surface area contributed by atoms with Crippen LogP contribution in [0.5, 0.6) is 0 Å². The fourth-order valence-corrected chi connectivity index (χ4v) is 4.20. The van der Waals surface area contributed by atoms with Gasteiger partial charge in [-0.05, 0) is 29.3 Å². The number of cyclic esters (lactones) is 1. The second-order valence-corrected chi connectivity index (χ2v) is 8.11. The molecule has 1 fully saturated rings. The maximum Gasteiger partial charge on any atom is 0.414 e. The number of rotatable bonds is 7. The molecule has 4 rings (SSSR count). The number of hydrogen-bond donors (Lipinski definition) is 2. The number of nitrogens with zero attached hydrogens (tertiary/aromatic N) is 3. The number of nitrogens with one attached hydrogen (secondary N) is 2. The van der Waals surface area contributed by atoms with Crippen molar-refractivity contribution in [2.24, 2.45) is 0 Å². The topological polar surface area (TPSA) is 96.5 Å². The molecule has 8 nitrogen and oxygen atoms in total. The van der Waals surface area contributed by atoms with E-state index in [-0.39, 0.29) is 24.1 Å². The highest BCUT2D eigenvalue weighted by atomic mass is 32.2. The average molecular weight is 426 g/mol. The zero-order valence-corrected chi connectivity index (χ0v) is 17.4. The number of benzene rings is 1. The van der Waals surface area contributed by atoms with Crippen molar-refractivity contribution in [3.8, 4) is 0 Å². The minimum Gasteiger partial charge on any atom is -0.442 e. The first-order valence-corrected chi connectivity index (χ1v) is 10.7. The summed E-state index contributed by atoms with van der Waals surface area (Å²) >= 11 is 1.63. The maximum absolute atomic E-state index is 12.2. The lowest BCUT2D eigenvalue weighted by Crippen LogP contribution is -2.33. The van der Waals surface area contributed by atoms with E-state index >= 15 is 0 Å². The van der Waals surface area contributed by atoms with Gasteiger partial charge in [0.1, 0.15) is 6.10 Å². The fraction of sp³-hybridized carbons (Fsp3) is 0.333. The summed E-state index contributed by atoms with van der Waals surface area (Å²) in [6, 6.07) is 9.97. The molecule has 3 heterocycles. The molecule has 1 aromatic heterocycles. The van der Waals surface area contributed by atoms with Gasteiger partial charge in [-0.1, -0.05) is 30.0 Å². The Labute approximate surface area is 179 Å². The Morgan fingerprint density at radius 1 is 1.30 bits per heavy atom. The largest absolute Gasteiger partial charge is 0.442 e. The van der Waals surface area contributed by atoms with Gasteiger partial charge >= 0.3 is 6.09 Å². The Hall–Kier alpha value is -2.91. The lowest BCUT2D eigenvalue weighted by molar-refractivity contribution is -0.119. The van der Waals surface area contributed by atoms with Gasteiger partial charge in [0, 0.05) is 43.3 Å². The summed E-state index contributed by atoms with van der Waals surface area (Å²) in [5.74, 6) is 0.723. The van der Waals surface area contributed by atoms with Crippen molar-refractivity contribution >= 4 is 35.0 Å². The number of hydrogen-bond acceptors (Lipinski definition) is 7. The molecular formula is C21H23N5O3S. The third-order valence-electron chi connectivity index (χ3n) is 4.89. The summed E-state index contributed by atoms with van der Waals surface area (Å²) in [5, 5.41) is 6.96. The van der Waals surface area contributed by atoms with E-state index in [1.807, 2.05) is 30.3 Å². The molecule has 2 aliphatic rings. The molecule has 0 bridgehead atoms. The van der Waals surface area contributed by atoms with Crippen LogP contribution in [-0.2, 0) is 9.53 Å². The lowest BCUT2D eigenvalue weighted by Gasteiger charge is -2.14. The molecule has 1 unspecified atom stereocenters. The minimum absolute atomic E-state index is 0.139. The van der Waals surface area contributed by atoms with Gasteiger partial charge in [0.05, 0.1) is 13.1 Å². The molecule has 2 N–H and O–H groups in total. The molecule has 2 aliphatic heterocycles. The Bertz CT molecular complexity index is 935. The van der Waals surface area contributed by atoms with Crippen LogP contribution in [0.3, 0.4) is 0 Å². The van der Waals surface area contributed by atoms with Crippen molar-refractivity contribution < 1.29 is 14.3 Å². The van der Waals surface area contributed by atoms with Crippen LogP contribution in [0.15, 0.2) is 54.0 Å². The van der Waals surface area contributed by atoms with E-state index < -0.39 is 0 Å². The first-order valence-electron chi connectivity index (χ1n) is 9.75. The highest BCUT2D eigenvalue weighted by molar-refractivity contribution is 7.99. The average Bonchev–Trinajstić information content (AvgIpc) is 3.38. The summed E-state index contributed by atoms with van der Waals surface area (Å²) in [7, 11) is 0. The van der Waals surface area contributed by atoms with E-state index in [0.29, 0.717) is 13.1 Å². The van der Waals surface area contributed by atoms with Gasteiger partial charge < -0.3 is 15.4 Å². The summed E-state index contributed by atoms with van der Waals surface area (Å²) in [6.07, 6.45) is 5.00. The Kier molecular flexibility index (Phi) is 6.29. The van der Waals surface area contributed by atoms with Gasteiger partial charge in [0.15, 0.2) is 5.16 Å². The number of thioether (sulfide) groups is 1. The SMILES string of the molecule is CC(=O)NC[C@H]1CN(c2ccc(C3=CC(CSc4ncccn4)NC3)cc2)C(=O)O1. The van der Waals surface area contributed by atoms with E-state index in [0.717, 1.165) is 28.7 Å². The van der Waals surface area contributed by atoms with Crippen molar-refractivity contribution in [2.75, 3.05) is 30.3 Å². The minimum atomic E-state index is -0.389. The summed E-state index contributed by atoms with van der Waals surface area (Å²) < 4.78 is 5.32. The zero-order valence-electron chi connectivity index (χ0n) is 16.6. The molecule has 0 radical (unpaired) electrons. The van der Waals surface area contributed by atoms with Gasteiger partial charge in [-0.3, -0.25) is 9.69 Å². The molecule has 0 spiro atoms. The molecule has 0 aliphatic carbocycles. The molecule has 0 saturated carbocycles. The van der Waals surface area contributed by atoms with Gasteiger partial charge in [-0.25, -0.2) is 14.8 Å².